The Morgan fingerprint density at radius 3 is 2.52 bits per heavy atom. The van der Waals surface area contributed by atoms with Gasteiger partial charge in [0, 0.05) is 7.05 Å². The number of nitrogens with one attached hydrogen (secondary N) is 1. The fraction of sp³-hybridized carbons (Fsp3) is 0.333. The lowest BCUT2D eigenvalue weighted by molar-refractivity contribution is 0.0957. The van der Waals surface area contributed by atoms with Crippen LogP contribution in [0.3, 0.4) is 0 Å². The molecule has 2 aliphatic carbocycles. The molecule has 7 heteroatoms. The maximum atomic E-state index is 14.4. The van der Waals surface area contributed by atoms with E-state index >= 15 is 0 Å². The number of nitrogens with zero attached hydrogens (tertiary/aromatic N) is 3. The Bertz CT molecular complexity index is 1210. The number of hydrogen-bond donors (Lipinski definition) is 1. The van der Waals surface area contributed by atoms with Crippen molar-refractivity contribution in [1.29, 1.82) is 0 Å². The van der Waals surface area contributed by atoms with Crippen LogP contribution >= 0.6 is 0 Å². The monoisotopic (exact) mass is 420 g/mol. The predicted octanol–water partition coefficient (Wildman–Crippen LogP) is 4.38. The van der Waals surface area contributed by atoms with Gasteiger partial charge in [0.25, 0.3) is 5.91 Å². The second-order valence-corrected chi connectivity index (χ2v) is 8.84. The van der Waals surface area contributed by atoms with Crippen molar-refractivity contribution in [1.82, 2.24) is 20.5 Å². The van der Waals surface area contributed by atoms with E-state index in [1.54, 1.807) is 19.2 Å². The number of halogens is 2. The molecule has 0 spiro atoms. The van der Waals surface area contributed by atoms with Crippen LogP contribution in [0, 0.1) is 17.0 Å². The van der Waals surface area contributed by atoms with Crippen molar-refractivity contribution >= 4 is 5.91 Å². The van der Waals surface area contributed by atoms with Gasteiger partial charge in [0.15, 0.2) is 0 Å². The third kappa shape index (κ3) is 2.52. The van der Waals surface area contributed by atoms with Gasteiger partial charge in [0.1, 0.15) is 17.3 Å². The first-order valence-electron chi connectivity index (χ1n) is 10.3. The van der Waals surface area contributed by atoms with Gasteiger partial charge in [-0.05, 0) is 60.1 Å². The first kappa shape index (κ1) is 19.7. The Morgan fingerprint density at radius 2 is 1.81 bits per heavy atom. The van der Waals surface area contributed by atoms with Gasteiger partial charge in [-0.15, -0.1) is 5.10 Å². The highest BCUT2D eigenvalue weighted by molar-refractivity contribution is 5.92. The van der Waals surface area contributed by atoms with Gasteiger partial charge in [-0.2, -0.15) is 5.10 Å². The smallest absolute Gasteiger partial charge is 0.269 e. The first-order chi connectivity index (χ1) is 14.8. The summed E-state index contributed by atoms with van der Waals surface area (Å²) in [7, 11) is 1.57. The van der Waals surface area contributed by atoms with Crippen molar-refractivity contribution in [2.24, 2.45) is 5.41 Å². The molecule has 0 radical (unpaired) electrons. The molecule has 1 amide bonds. The SMILES string of the molecule is CNC(=O)c1cccc([C@@]23CC[C@@H](c4cc(-c5c(F)cccc5F)nnc42)C3(C)C)n1. The summed E-state index contributed by atoms with van der Waals surface area (Å²) in [5.74, 6) is -1.42. The third-order valence-corrected chi connectivity index (χ3v) is 7.25. The lowest BCUT2D eigenvalue weighted by Gasteiger charge is -2.37. The molecule has 2 heterocycles. The van der Waals surface area contributed by atoms with Crippen LogP contribution < -0.4 is 5.32 Å². The van der Waals surface area contributed by atoms with E-state index in [1.807, 2.05) is 12.1 Å². The molecule has 0 unspecified atom stereocenters. The maximum Gasteiger partial charge on any atom is 0.269 e. The van der Waals surface area contributed by atoms with Crippen molar-refractivity contribution in [2.45, 2.75) is 38.0 Å². The molecule has 5 nitrogen and oxygen atoms in total. The standard InChI is InChI=1S/C24H22F2N4O/c1-23(2)14-10-11-24(23,19-9-5-8-17(28-19)22(31)27-3)21-13(14)12-18(29-30-21)20-15(25)6-4-7-16(20)26/h4-9,12,14H,10-11H2,1-3H3,(H,27,31)/t14-,24-/m0/s1. The number of amides is 1. The highest BCUT2D eigenvalue weighted by atomic mass is 19.1. The van der Waals surface area contributed by atoms with Crippen LogP contribution in [-0.2, 0) is 5.41 Å². The van der Waals surface area contributed by atoms with Crippen LogP contribution in [0.25, 0.3) is 11.3 Å². The number of rotatable bonds is 3. The highest BCUT2D eigenvalue weighted by Gasteiger charge is 2.65. The number of benzene rings is 1. The van der Waals surface area contributed by atoms with E-state index in [0.29, 0.717) is 5.69 Å². The van der Waals surface area contributed by atoms with Gasteiger partial charge in [-0.3, -0.25) is 4.79 Å². The summed E-state index contributed by atoms with van der Waals surface area (Å²) in [6.45, 7) is 4.34. The molecular formula is C24H22F2N4O. The van der Waals surface area contributed by atoms with Crippen molar-refractivity contribution < 1.29 is 13.6 Å². The Morgan fingerprint density at radius 1 is 1.10 bits per heavy atom. The molecule has 5 rings (SSSR count). The number of carbonyl (C=O) groups excluding carboxylic acids is 1. The zero-order valence-electron chi connectivity index (χ0n) is 17.5. The van der Waals surface area contributed by atoms with Crippen LogP contribution in [0.2, 0.25) is 0 Å². The molecule has 1 aromatic carbocycles. The molecule has 158 valence electrons. The molecule has 2 aliphatic rings. The lowest BCUT2D eigenvalue weighted by Crippen LogP contribution is -2.38. The largest absolute Gasteiger partial charge is 0.354 e. The number of hydrogen-bond acceptors (Lipinski definition) is 4. The molecule has 2 bridgehead atoms. The molecule has 1 N–H and O–H groups in total. The molecule has 1 fully saturated rings. The summed E-state index contributed by atoms with van der Waals surface area (Å²) in [4.78, 5) is 16.9. The van der Waals surface area contributed by atoms with Crippen molar-refractivity contribution in [3.63, 3.8) is 0 Å². The van der Waals surface area contributed by atoms with Gasteiger partial charge in [-0.25, -0.2) is 13.8 Å². The minimum atomic E-state index is -0.661. The summed E-state index contributed by atoms with van der Waals surface area (Å²) in [5.41, 5.74) is 2.14. The second-order valence-electron chi connectivity index (χ2n) is 8.84. The first-order valence-corrected chi connectivity index (χ1v) is 10.3. The summed E-state index contributed by atoms with van der Waals surface area (Å²) in [6.07, 6.45) is 1.72. The zero-order chi connectivity index (χ0) is 22.0. The molecule has 2 atom stereocenters. The van der Waals surface area contributed by atoms with E-state index < -0.39 is 17.0 Å². The molecule has 2 aromatic heterocycles. The number of fused-ring (bicyclic) bond motifs is 5. The van der Waals surface area contributed by atoms with E-state index in [0.717, 1.165) is 29.8 Å². The number of aromatic nitrogens is 3. The summed E-state index contributed by atoms with van der Waals surface area (Å²) in [5, 5.41) is 11.4. The molecule has 1 saturated carbocycles. The lowest BCUT2D eigenvalue weighted by atomic mass is 9.66. The number of carbonyl (C=O) groups is 1. The van der Waals surface area contributed by atoms with Gasteiger partial charge in [0.2, 0.25) is 0 Å². The van der Waals surface area contributed by atoms with Crippen molar-refractivity contribution in [2.75, 3.05) is 7.05 Å². The van der Waals surface area contributed by atoms with Gasteiger partial charge >= 0.3 is 0 Å². The molecular weight excluding hydrogens is 398 g/mol. The normalized spacial score (nSPS) is 22.9. The topological polar surface area (TPSA) is 67.8 Å². The van der Waals surface area contributed by atoms with Crippen LogP contribution in [0.4, 0.5) is 8.78 Å². The van der Waals surface area contributed by atoms with E-state index in [1.165, 1.54) is 18.2 Å². The van der Waals surface area contributed by atoms with Crippen LogP contribution in [0.5, 0.6) is 0 Å². The van der Waals surface area contributed by atoms with Gasteiger partial charge in [0.05, 0.1) is 28.1 Å². The number of pyridine rings is 1. The molecule has 3 aromatic rings. The average Bonchev–Trinajstić information content (AvgIpc) is 3.14. The Labute approximate surface area is 178 Å². The van der Waals surface area contributed by atoms with Crippen molar-refractivity contribution in [3.05, 3.63) is 76.7 Å². The van der Waals surface area contributed by atoms with E-state index in [-0.39, 0.29) is 28.5 Å². The average molecular weight is 420 g/mol. The summed E-state index contributed by atoms with van der Waals surface area (Å²) in [6, 6.07) is 11.0. The highest BCUT2D eigenvalue weighted by Crippen LogP contribution is 2.69. The quantitative estimate of drug-likeness (QED) is 0.683. The van der Waals surface area contributed by atoms with Crippen LogP contribution in [-0.4, -0.2) is 28.1 Å². The molecule has 31 heavy (non-hydrogen) atoms. The van der Waals surface area contributed by atoms with Crippen molar-refractivity contribution in [3.8, 4) is 11.3 Å². The Hall–Kier alpha value is -3.22. The van der Waals surface area contributed by atoms with Gasteiger partial charge in [-0.1, -0.05) is 26.0 Å². The van der Waals surface area contributed by atoms with E-state index in [2.05, 4.69) is 29.4 Å². The molecule has 0 aliphatic heterocycles. The Kier molecular flexibility index (Phi) is 4.22. The molecule has 0 saturated heterocycles. The van der Waals surface area contributed by atoms with Crippen LogP contribution in [0.1, 0.15) is 60.0 Å². The fourth-order valence-corrected chi connectivity index (χ4v) is 5.68. The van der Waals surface area contributed by atoms with E-state index in [9.17, 15) is 13.6 Å². The maximum absolute atomic E-state index is 14.4. The third-order valence-electron chi connectivity index (χ3n) is 7.25. The summed E-state index contributed by atoms with van der Waals surface area (Å²) >= 11 is 0. The van der Waals surface area contributed by atoms with Gasteiger partial charge < -0.3 is 5.32 Å². The fourth-order valence-electron chi connectivity index (χ4n) is 5.68. The summed E-state index contributed by atoms with van der Waals surface area (Å²) < 4.78 is 28.7. The zero-order valence-corrected chi connectivity index (χ0v) is 17.5. The minimum Gasteiger partial charge on any atom is -0.354 e. The van der Waals surface area contributed by atoms with E-state index in [4.69, 9.17) is 4.98 Å². The predicted molar refractivity (Wildman–Crippen MR) is 112 cm³/mol. The second kappa shape index (κ2) is 6.64. The van der Waals surface area contributed by atoms with Crippen LogP contribution in [0.15, 0.2) is 42.5 Å². The Balaban J connectivity index is 1.70. The minimum absolute atomic E-state index is 0.150.